The lowest BCUT2D eigenvalue weighted by atomic mass is 9.90. The van der Waals surface area contributed by atoms with Crippen LogP contribution in [0.2, 0.25) is 0 Å². The van der Waals surface area contributed by atoms with Crippen molar-refractivity contribution in [3.8, 4) is 5.69 Å². The number of halogens is 1. The van der Waals surface area contributed by atoms with Crippen molar-refractivity contribution in [3.63, 3.8) is 0 Å². The van der Waals surface area contributed by atoms with Gasteiger partial charge in [-0.2, -0.15) is 5.10 Å². The van der Waals surface area contributed by atoms with E-state index in [2.05, 4.69) is 53.9 Å². The van der Waals surface area contributed by atoms with Crippen molar-refractivity contribution in [2.45, 2.75) is 27.2 Å². The molecular weight excluding hydrogens is 276 g/mol. The maximum Gasteiger partial charge on any atom is 0.0649 e. The summed E-state index contributed by atoms with van der Waals surface area (Å²) in [5.74, 6) is 0. The molecule has 0 amide bonds. The number of hydrogen-bond acceptors (Lipinski definition) is 1. The Morgan fingerprint density at radius 3 is 2.41 bits per heavy atom. The van der Waals surface area contributed by atoms with Crippen LogP contribution in [0.1, 0.15) is 26.5 Å². The molecule has 0 unspecified atom stereocenters. The van der Waals surface area contributed by atoms with E-state index < -0.39 is 0 Å². The van der Waals surface area contributed by atoms with Gasteiger partial charge in [0.2, 0.25) is 0 Å². The van der Waals surface area contributed by atoms with Gasteiger partial charge in [0.1, 0.15) is 0 Å². The second-order valence-electron chi connectivity index (χ2n) is 5.42. The molecule has 0 aliphatic heterocycles. The van der Waals surface area contributed by atoms with Gasteiger partial charge < -0.3 is 0 Å². The third-order valence-corrected chi connectivity index (χ3v) is 3.18. The highest BCUT2D eigenvalue weighted by atomic mass is 79.9. The Morgan fingerprint density at radius 2 is 1.82 bits per heavy atom. The van der Waals surface area contributed by atoms with Crippen LogP contribution in [0.15, 0.2) is 41.0 Å². The molecule has 0 bridgehead atoms. The fraction of sp³-hybridized carbons (Fsp3) is 0.357. The Hall–Kier alpha value is -1.09. The maximum atomic E-state index is 4.44. The van der Waals surface area contributed by atoms with E-state index >= 15 is 0 Å². The van der Waals surface area contributed by atoms with Crippen molar-refractivity contribution >= 4 is 15.9 Å². The average Bonchev–Trinajstić information content (AvgIpc) is 2.60. The second kappa shape index (κ2) is 4.65. The van der Waals surface area contributed by atoms with E-state index in [1.807, 2.05) is 29.1 Å². The van der Waals surface area contributed by atoms with Gasteiger partial charge in [0.05, 0.1) is 22.1 Å². The van der Waals surface area contributed by atoms with Crippen molar-refractivity contribution in [1.29, 1.82) is 0 Å². The van der Waals surface area contributed by atoms with Crippen LogP contribution >= 0.6 is 15.9 Å². The molecule has 0 aliphatic carbocycles. The highest BCUT2D eigenvalue weighted by Crippen LogP contribution is 2.27. The van der Waals surface area contributed by atoms with Crippen molar-refractivity contribution < 1.29 is 0 Å². The summed E-state index contributed by atoms with van der Waals surface area (Å²) < 4.78 is 3.09. The van der Waals surface area contributed by atoms with Crippen molar-refractivity contribution in [2.75, 3.05) is 0 Å². The zero-order valence-electron chi connectivity index (χ0n) is 10.4. The minimum atomic E-state index is 0.245. The van der Waals surface area contributed by atoms with Gasteiger partial charge in [-0.15, -0.1) is 0 Å². The normalized spacial score (nSPS) is 11.8. The first-order valence-corrected chi connectivity index (χ1v) is 6.54. The Labute approximate surface area is 111 Å². The molecule has 1 aromatic carbocycles. The maximum absolute atomic E-state index is 4.44. The highest BCUT2D eigenvalue weighted by molar-refractivity contribution is 9.10. The molecule has 1 heterocycles. The Morgan fingerprint density at radius 1 is 1.18 bits per heavy atom. The van der Waals surface area contributed by atoms with Crippen LogP contribution < -0.4 is 0 Å². The Balaban J connectivity index is 2.43. The minimum absolute atomic E-state index is 0.245. The first-order valence-electron chi connectivity index (χ1n) is 5.75. The third-order valence-electron chi connectivity index (χ3n) is 2.52. The zero-order valence-corrected chi connectivity index (χ0v) is 12.0. The smallest absolute Gasteiger partial charge is 0.0649 e. The van der Waals surface area contributed by atoms with Crippen LogP contribution in [0.25, 0.3) is 5.69 Å². The molecule has 0 aliphatic rings. The summed E-state index contributed by atoms with van der Waals surface area (Å²) in [5.41, 5.74) is 2.58. The second-order valence-corrected chi connectivity index (χ2v) is 6.28. The lowest BCUT2D eigenvalue weighted by Crippen LogP contribution is -2.13. The fourth-order valence-corrected chi connectivity index (χ4v) is 2.21. The molecule has 0 N–H and O–H groups in total. The average molecular weight is 293 g/mol. The Kier molecular flexibility index (Phi) is 3.38. The largest absolute Gasteiger partial charge is 0.237 e. The van der Waals surface area contributed by atoms with E-state index in [4.69, 9.17) is 0 Å². The van der Waals surface area contributed by atoms with E-state index in [1.165, 1.54) is 5.69 Å². The molecule has 0 spiro atoms. The Bertz CT molecular complexity index is 495. The number of nitrogens with zero attached hydrogens (tertiary/aromatic N) is 2. The third kappa shape index (κ3) is 2.97. The predicted molar refractivity (Wildman–Crippen MR) is 74.4 cm³/mol. The van der Waals surface area contributed by atoms with Gasteiger partial charge in [0.15, 0.2) is 0 Å². The van der Waals surface area contributed by atoms with E-state index in [-0.39, 0.29) is 5.41 Å². The van der Waals surface area contributed by atoms with Crippen molar-refractivity contribution in [2.24, 2.45) is 5.41 Å². The van der Waals surface area contributed by atoms with E-state index in [0.717, 1.165) is 16.6 Å². The minimum Gasteiger partial charge on any atom is -0.237 e. The van der Waals surface area contributed by atoms with E-state index in [1.54, 1.807) is 0 Å². The molecule has 1 aromatic heterocycles. The van der Waals surface area contributed by atoms with Gasteiger partial charge in [-0.1, -0.05) is 39.0 Å². The van der Waals surface area contributed by atoms with Crippen LogP contribution in [0.4, 0.5) is 0 Å². The summed E-state index contributed by atoms with van der Waals surface area (Å²) in [7, 11) is 0. The summed E-state index contributed by atoms with van der Waals surface area (Å²) in [6.07, 6.45) is 2.86. The molecule has 90 valence electrons. The van der Waals surface area contributed by atoms with Crippen LogP contribution in [-0.4, -0.2) is 9.78 Å². The summed E-state index contributed by atoms with van der Waals surface area (Å²) >= 11 is 3.58. The molecule has 3 heteroatoms. The van der Waals surface area contributed by atoms with Gasteiger partial charge in [-0.05, 0) is 39.9 Å². The van der Waals surface area contributed by atoms with E-state index in [0.29, 0.717) is 0 Å². The number of rotatable bonds is 2. The fourth-order valence-electron chi connectivity index (χ4n) is 1.81. The van der Waals surface area contributed by atoms with Gasteiger partial charge in [-0.25, -0.2) is 4.68 Å². The molecule has 2 nitrogen and oxygen atoms in total. The van der Waals surface area contributed by atoms with Gasteiger partial charge in [-0.3, -0.25) is 0 Å². The lowest BCUT2D eigenvalue weighted by Gasteiger charge is -2.19. The molecule has 0 saturated carbocycles. The zero-order chi connectivity index (χ0) is 12.5. The van der Waals surface area contributed by atoms with E-state index in [9.17, 15) is 0 Å². The lowest BCUT2D eigenvalue weighted by molar-refractivity contribution is 0.401. The number of benzene rings is 1. The first kappa shape index (κ1) is 12.4. The van der Waals surface area contributed by atoms with Crippen LogP contribution in [0.3, 0.4) is 0 Å². The summed E-state index contributed by atoms with van der Waals surface area (Å²) in [6.45, 7) is 6.71. The summed E-state index contributed by atoms with van der Waals surface area (Å²) in [4.78, 5) is 0. The molecule has 17 heavy (non-hydrogen) atoms. The number of hydrogen-bond donors (Lipinski definition) is 0. The molecule has 0 atom stereocenters. The first-order chi connectivity index (χ1) is 7.97. The monoisotopic (exact) mass is 292 g/mol. The SMILES string of the molecule is CC(C)(C)Cc1c(Br)cnn1-c1ccccc1. The highest BCUT2D eigenvalue weighted by Gasteiger charge is 2.18. The summed E-state index contributed by atoms with van der Waals surface area (Å²) in [5, 5.41) is 4.44. The molecule has 0 saturated heterocycles. The molecule has 0 radical (unpaired) electrons. The number of aromatic nitrogens is 2. The van der Waals surface area contributed by atoms with Crippen LogP contribution in [0, 0.1) is 5.41 Å². The molecule has 2 rings (SSSR count). The van der Waals surface area contributed by atoms with Gasteiger partial charge in [0.25, 0.3) is 0 Å². The predicted octanol–water partition coefficient (Wildman–Crippen LogP) is 4.22. The van der Waals surface area contributed by atoms with Crippen molar-refractivity contribution in [3.05, 3.63) is 46.7 Å². The molecule has 2 aromatic rings. The van der Waals surface area contributed by atoms with Gasteiger partial charge >= 0.3 is 0 Å². The standard InChI is InChI=1S/C14H17BrN2/c1-14(2,3)9-13-12(15)10-16-17(13)11-7-5-4-6-8-11/h4-8,10H,9H2,1-3H3. The van der Waals surface area contributed by atoms with Crippen molar-refractivity contribution in [1.82, 2.24) is 9.78 Å². The van der Waals surface area contributed by atoms with Crippen LogP contribution in [-0.2, 0) is 6.42 Å². The number of para-hydroxylation sites is 1. The quantitative estimate of drug-likeness (QED) is 0.810. The van der Waals surface area contributed by atoms with Gasteiger partial charge in [0, 0.05) is 0 Å². The topological polar surface area (TPSA) is 17.8 Å². The van der Waals surface area contributed by atoms with Crippen LogP contribution in [0.5, 0.6) is 0 Å². The molecular formula is C14H17BrN2. The molecule has 0 fully saturated rings. The summed E-state index contributed by atoms with van der Waals surface area (Å²) in [6, 6.07) is 10.2.